The van der Waals surface area contributed by atoms with Gasteiger partial charge in [0.25, 0.3) is 0 Å². The van der Waals surface area contributed by atoms with E-state index in [1.807, 2.05) is 6.92 Å². The molecule has 122 valence electrons. The molecule has 0 radical (unpaired) electrons. The highest BCUT2D eigenvalue weighted by Crippen LogP contribution is 2.39. The Balaban J connectivity index is 2.10. The van der Waals surface area contributed by atoms with Crippen molar-refractivity contribution in [3.05, 3.63) is 0 Å². The van der Waals surface area contributed by atoms with Gasteiger partial charge in [-0.3, -0.25) is 9.69 Å². The minimum Gasteiger partial charge on any atom is -0.466 e. The molecule has 0 amide bonds. The van der Waals surface area contributed by atoms with Gasteiger partial charge in [0.1, 0.15) is 0 Å². The van der Waals surface area contributed by atoms with E-state index in [1.165, 1.54) is 70.9 Å². The molecule has 3 heteroatoms. The van der Waals surface area contributed by atoms with E-state index in [1.54, 1.807) is 0 Å². The summed E-state index contributed by atoms with van der Waals surface area (Å²) in [5.74, 6) is 0.872. The largest absolute Gasteiger partial charge is 0.466 e. The van der Waals surface area contributed by atoms with Gasteiger partial charge in [0.15, 0.2) is 0 Å². The van der Waals surface area contributed by atoms with Gasteiger partial charge in [-0.15, -0.1) is 0 Å². The Morgan fingerprint density at radius 1 is 1.10 bits per heavy atom. The Bertz CT molecular complexity index is 325. The molecule has 2 rings (SSSR count). The third-order valence-corrected chi connectivity index (χ3v) is 5.66. The van der Waals surface area contributed by atoms with Gasteiger partial charge in [-0.1, -0.05) is 32.6 Å². The van der Waals surface area contributed by atoms with Crippen molar-refractivity contribution < 1.29 is 9.53 Å². The molecule has 1 saturated heterocycles. The van der Waals surface area contributed by atoms with E-state index in [0.29, 0.717) is 13.0 Å². The predicted molar refractivity (Wildman–Crippen MR) is 86.3 cm³/mol. The summed E-state index contributed by atoms with van der Waals surface area (Å²) in [4.78, 5) is 14.8. The maximum absolute atomic E-state index is 12.2. The van der Waals surface area contributed by atoms with Crippen molar-refractivity contribution >= 4 is 5.97 Å². The molecule has 0 aromatic carbocycles. The van der Waals surface area contributed by atoms with Crippen LogP contribution in [0.3, 0.4) is 0 Å². The lowest BCUT2D eigenvalue weighted by atomic mass is 9.83. The quantitative estimate of drug-likeness (QED) is 0.563. The highest BCUT2D eigenvalue weighted by atomic mass is 16.5. The number of piperidine rings is 1. The first-order chi connectivity index (χ1) is 10.2. The van der Waals surface area contributed by atoms with Gasteiger partial charge >= 0.3 is 5.97 Å². The molecule has 1 heterocycles. The Morgan fingerprint density at radius 2 is 1.86 bits per heavy atom. The fourth-order valence-electron chi connectivity index (χ4n) is 4.32. The summed E-state index contributed by atoms with van der Waals surface area (Å²) in [6, 6.07) is 0. The summed E-state index contributed by atoms with van der Waals surface area (Å²) in [6.07, 6.45) is 12.1. The van der Waals surface area contributed by atoms with E-state index >= 15 is 0 Å². The molecule has 0 bridgehead atoms. The number of nitrogens with zero attached hydrogens (tertiary/aromatic N) is 1. The van der Waals surface area contributed by atoms with Crippen molar-refractivity contribution in [3.63, 3.8) is 0 Å². The van der Waals surface area contributed by atoms with Crippen molar-refractivity contribution in [2.45, 2.75) is 83.6 Å². The third kappa shape index (κ3) is 4.45. The number of hydrogen-bond acceptors (Lipinski definition) is 3. The monoisotopic (exact) mass is 295 g/mol. The molecular formula is C18H33NO2. The highest BCUT2D eigenvalue weighted by molar-refractivity contribution is 5.71. The molecule has 1 aliphatic carbocycles. The second-order valence-corrected chi connectivity index (χ2v) is 6.96. The average molecular weight is 295 g/mol. The second-order valence-electron chi connectivity index (χ2n) is 6.96. The van der Waals surface area contributed by atoms with Gasteiger partial charge in [0.05, 0.1) is 13.0 Å². The third-order valence-electron chi connectivity index (χ3n) is 5.66. The van der Waals surface area contributed by atoms with Gasteiger partial charge in [-0.2, -0.15) is 0 Å². The van der Waals surface area contributed by atoms with Crippen LogP contribution < -0.4 is 0 Å². The molecule has 1 aliphatic heterocycles. The van der Waals surface area contributed by atoms with Crippen molar-refractivity contribution in [2.24, 2.45) is 5.92 Å². The minimum absolute atomic E-state index is 0.0121. The Morgan fingerprint density at radius 3 is 2.52 bits per heavy atom. The number of carbonyl (C=O) groups excluding carboxylic acids is 1. The van der Waals surface area contributed by atoms with Gasteiger partial charge in [0, 0.05) is 5.54 Å². The van der Waals surface area contributed by atoms with Crippen LogP contribution in [0, 0.1) is 5.92 Å². The molecule has 2 fully saturated rings. The lowest BCUT2D eigenvalue weighted by molar-refractivity contribution is -0.147. The zero-order valence-corrected chi connectivity index (χ0v) is 14.0. The van der Waals surface area contributed by atoms with Crippen LogP contribution in [0.4, 0.5) is 0 Å². The summed E-state index contributed by atoms with van der Waals surface area (Å²) < 4.78 is 5.29. The van der Waals surface area contributed by atoms with Crippen molar-refractivity contribution in [2.75, 3.05) is 19.7 Å². The lowest BCUT2D eigenvalue weighted by Gasteiger charge is -2.45. The van der Waals surface area contributed by atoms with Crippen LogP contribution in [0.5, 0.6) is 0 Å². The zero-order chi connectivity index (χ0) is 15.1. The van der Waals surface area contributed by atoms with Crippen molar-refractivity contribution in [1.29, 1.82) is 0 Å². The summed E-state index contributed by atoms with van der Waals surface area (Å²) in [6.45, 7) is 7.08. The van der Waals surface area contributed by atoms with Crippen molar-refractivity contribution in [3.8, 4) is 0 Å². The van der Waals surface area contributed by atoms with E-state index in [4.69, 9.17) is 4.74 Å². The molecule has 21 heavy (non-hydrogen) atoms. The molecule has 0 spiro atoms. The van der Waals surface area contributed by atoms with E-state index in [9.17, 15) is 4.79 Å². The molecular weight excluding hydrogens is 262 g/mol. The molecule has 0 aromatic heterocycles. The Kier molecular flexibility index (Phi) is 6.53. The topological polar surface area (TPSA) is 29.5 Å². The normalized spacial score (nSPS) is 31.6. The molecule has 2 unspecified atom stereocenters. The fourth-order valence-corrected chi connectivity index (χ4v) is 4.32. The first-order valence-electron chi connectivity index (χ1n) is 9.11. The molecule has 0 aromatic rings. The zero-order valence-electron chi connectivity index (χ0n) is 14.0. The fraction of sp³-hybridized carbons (Fsp3) is 0.944. The number of ether oxygens (including phenoxy) is 1. The van der Waals surface area contributed by atoms with Crippen LogP contribution in [-0.4, -0.2) is 36.1 Å². The Hall–Kier alpha value is -0.570. The predicted octanol–water partition coefficient (Wildman–Crippen LogP) is 4.15. The van der Waals surface area contributed by atoms with Gasteiger partial charge in [-0.05, 0) is 58.0 Å². The average Bonchev–Trinajstić information content (AvgIpc) is 2.71. The van der Waals surface area contributed by atoms with Crippen LogP contribution in [0.1, 0.15) is 78.1 Å². The summed E-state index contributed by atoms with van der Waals surface area (Å²) >= 11 is 0. The summed E-state index contributed by atoms with van der Waals surface area (Å²) in [5.41, 5.74) is 0.0938. The number of carbonyl (C=O) groups is 1. The van der Waals surface area contributed by atoms with Gasteiger partial charge in [-0.25, -0.2) is 0 Å². The van der Waals surface area contributed by atoms with Crippen LogP contribution >= 0.6 is 0 Å². The number of rotatable bonds is 5. The number of hydrogen-bond donors (Lipinski definition) is 0. The SMILES string of the molecule is CCOC(=O)CC1(N2CCCCC2)CCCC(CC)CC1. The molecule has 0 N–H and O–H groups in total. The second kappa shape index (κ2) is 8.17. The highest BCUT2D eigenvalue weighted by Gasteiger charge is 2.40. The first-order valence-corrected chi connectivity index (χ1v) is 9.11. The molecule has 2 aliphatic rings. The van der Waals surface area contributed by atoms with E-state index in [2.05, 4.69) is 11.8 Å². The molecule has 3 nitrogen and oxygen atoms in total. The summed E-state index contributed by atoms with van der Waals surface area (Å²) in [7, 11) is 0. The van der Waals surface area contributed by atoms with Crippen molar-refractivity contribution in [1.82, 2.24) is 4.90 Å². The first kappa shape index (κ1) is 16.8. The van der Waals surface area contributed by atoms with E-state index in [-0.39, 0.29) is 11.5 Å². The minimum atomic E-state index is 0.0121. The molecule has 2 atom stereocenters. The smallest absolute Gasteiger partial charge is 0.307 e. The van der Waals surface area contributed by atoms with Gasteiger partial charge < -0.3 is 4.74 Å². The molecule has 1 saturated carbocycles. The Labute approximate surface area is 130 Å². The van der Waals surface area contributed by atoms with Gasteiger partial charge in [0.2, 0.25) is 0 Å². The van der Waals surface area contributed by atoms with E-state index in [0.717, 1.165) is 5.92 Å². The van der Waals surface area contributed by atoms with Crippen LogP contribution in [0.15, 0.2) is 0 Å². The summed E-state index contributed by atoms with van der Waals surface area (Å²) in [5, 5.41) is 0. The standard InChI is InChI=1S/C18H33NO2/c1-3-16-9-8-11-18(12-10-16,15-17(20)21-4-2)19-13-6-5-7-14-19/h16H,3-15H2,1-2H3. The maximum Gasteiger partial charge on any atom is 0.307 e. The lowest BCUT2D eigenvalue weighted by Crippen LogP contribution is -2.52. The van der Waals surface area contributed by atoms with Crippen LogP contribution in [-0.2, 0) is 9.53 Å². The van der Waals surface area contributed by atoms with E-state index < -0.39 is 0 Å². The maximum atomic E-state index is 12.2. The number of esters is 1. The van der Waals surface area contributed by atoms with Crippen LogP contribution in [0.2, 0.25) is 0 Å². The van der Waals surface area contributed by atoms with Crippen LogP contribution in [0.25, 0.3) is 0 Å². The number of likely N-dealkylation sites (tertiary alicyclic amines) is 1.